The van der Waals surface area contributed by atoms with Gasteiger partial charge in [0.15, 0.2) is 17.2 Å². The van der Waals surface area contributed by atoms with Crippen molar-refractivity contribution in [2.75, 3.05) is 46.7 Å². The van der Waals surface area contributed by atoms with E-state index >= 15 is 0 Å². The molecular weight excluding hydrogens is 390 g/mol. The lowest BCUT2D eigenvalue weighted by Gasteiger charge is -2.33. The minimum Gasteiger partial charge on any atom is -0.460 e. The van der Waals surface area contributed by atoms with Gasteiger partial charge in [-0.15, -0.1) is 0 Å². The average molecular weight is 411 g/mol. The highest BCUT2D eigenvalue weighted by molar-refractivity contribution is 7.94. The zero-order valence-corrected chi connectivity index (χ0v) is 16.8. The van der Waals surface area contributed by atoms with Gasteiger partial charge >= 0.3 is 10.2 Å². The Kier molecular flexibility index (Phi) is 4.21. The Balaban J connectivity index is 1.55. The van der Waals surface area contributed by atoms with E-state index in [0.717, 1.165) is 31.6 Å². The summed E-state index contributed by atoms with van der Waals surface area (Å²) in [5, 5.41) is 0.825. The van der Waals surface area contributed by atoms with Crippen LogP contribution in [0.2, 0.25) is 0 Å². The molecule has 9 heteroatoms. The van der Waals surface area contributed by atoms with Crippen molar-refractivity contribution < 1.29 is 12.8 Å². The summed E-state index contributed by atoms with van der Waals surface area (Å²) in [6, 6.07) is 12.6. The Hall–Kier alpha value is -3.04. The second kappa shape index (κ2) is 6.78. The van der Waals surface area contributed by atoms with Crippen LogP contribution in [-0.2, 0) is 10.2 Å². The van der Waals surface area contributed by atoms with Gasteiger partial charge < -0.3 is 14.2 Å². The van der Waals surface area contributed by atoms with Crippen LogP contribution in [0.15, 0.2) is 65.5 Å². The highest BCUT2D eigenvalue weighted by Gasteiger charge is 2.34. The molecule has 2 aromatic heterocycles. The highest BCUT2D eigenvalue weighted by atomic mass is 32.2. The summed E-state index contributed by atoms with van der Waals surface area (Å²) in [5.41, 5.74) is 1.26. The fraction of sp³-hybridized carbons (Fsp3) is 0.250. The van der Waals surface area contributed by atoms with Gasteiger partial charge in [0, 0.05) is 44.0 Å². The predicted octanol–water partition coefficient (Wildman–Crippen LogP) is 2.62. The molecule has 1 saturated heterocycles. The van der Waals surface area contributed by atoms with Crippen molar-refractivity contribution in [3.8, 4) is 0 Å². The van der Waals surface area contributed by atoms with E-state index in [2.05, 4.69) is 16.8 Å². The van der Waals surface area contributed by atoms with Gasteiger partial charge in [0.2, 0.25) is 0 Å². The van der Waals surface area contributed by atoms with Crippen LogP contribution in [0.3, 0.4) is 0 Å². The second-order valence-corrected chi connectivity index (χ2v) is 8.85. The third kappa shape index (κ3) is 3.02. The van der Waals surface area contributed by atoms with Crippen LogP contribution in [-0.4, -0.2) is 51.5 Å². The molecule has 5 rings (SSSR count). The molecule has 0 atom stereocenters. The van der Waals surface area contributed by atoms with E-state index in [1.807, 2.05) is 24.3 Å². The number of anilines is 3. The van der Waals surface area contributed by atoms with Gasteiger partial charge in [0.25, 0.3) is 0 Å². The molecule has 4 heterocycles. The molecular formula is C20H21N5O3S. The van der Waals surface area contributed by atoms with E-state index < -0.39 is 10.2 Å². The van der Waals surface area contributed by atoms with Crippen molar-refractivity contribution in [3.63, 3.8) is 0 Å². The zero-order chi connectivity index (χ0) is 20.0. The molecule has 0 N–H and O–H groups in total. The lowest BCUT2D eigenvalue weighted by Crippen LogP contribution is -2.45. The molecule has 2 aliphatic rings. The third-order valence-corrected chi connectivity index (χ3v) is 6.91. The molecule has 1 aromatic carbocycles. The van der Waals surface area contributed by atoms with Crippen LogP contribution in [0, 0.1) is 0 Å². The number of para-hydroxylation sites is 1. The van der Waals surface area contributed by atoms with Gasteiger partial charge in [-0.2, -0.15) is 8.42 Å². The number of aromatic nitrogens is 1. The van der Waals surface area contributed by atoms with Crippen LogP contribution in [0.5, 0.6) is 0 Å². The largest absolute Gasteiger partial charge is 0.460 e. The fourth-order valence-electron chi connectivity index (χ4n) is 3.65. The minimum absolute atomic E-state index is 0.350. The minimum atomic E-state index is -3.81. The number of rotatable bonds is 3. The van der Waals surface area contributed by atoms with Crippen molar-refractivity contribution in [1.82, 2.24) is 9.88 Å². The van der Waals surface area contributed by atoms with Gasteiger partial charge in [0.05, 0.1) is 12.0 Å². The van der Waals surface area contributed by atoms with Crippen LogP contribution in [0.25, 0.3) is 11.0 Å². The number of likely N-dealkylation sites (N-methyl/N-ethyl adjacent to an activating group) is 1. The predicted molar refractivity (Wildman–Crippen MR) is 113 cm³/mol. The molecule has 0 bridgehead atoms. The number of hydrogen-bond acceptors (Lipinski definition) is 6. The molecule has 0 spiro atoms. The molecule has 0 unspecified atom stereocenters. The zero-order valence-electron chi connectivity index (χ0n) is 16.0. The summed E-state index contributed by atoms with van der Waals surface area (Å²) >= 11 is 0. The number of fused-ring (bicyclic) bond motifs is 1. The first-order chi connectivity index (χ1) is 14.0. The topological polar surface area (TPSA) is 73.1 Å². The molecule has 0 radical (unpaired) electrons. The molecule has 2 aliphatic heterocycles. The Morgan fingerprint density at radius 2 is 1.69 bits per heavy atom. The monoisotopic (exact) mass is 411 g/mol. The summed E-state index contributed by atoms with van der Waals surface area (Å²) in [4.78, 5) is 9.11. The maximum Gasteiger partial charge on any atom is 0.335 e. The quantitative estimate of drug-likeness (QED) is 0.660. The Morgan fingerprint density at radius 3 is 2.45 bits per heavy atom. The maximum atomic E-state index is 13.2. The SMILES string of the molecule is CN1CCN(c2nc(N3C=CN(c4ccccc4)S3(=O)=O)cc3ccoc23)CC1. The standard InChI is InChI=1S/C20H21N5O3S/c1-22-8-10-23(11-9-22)20-19-16(7-14-28-19)15-18(21-20)25-13-12-24(29(25,26)27)17-5-3-2-4-6-17/h2-7,12-15H,8-11H2,1H3. The molecule has 0 amide bonds. The van der Waals surface area contributed by atoms with E-state index in [0.29, 0.717) is 22.9 Å². The van der Waals surface area contributed by atoms with E-state index in [4.69, 9.17) is 9.40 Å². The van der Waals surface area contributed by atoms with Crippen LogP contribution in [0.1, 0.15) is 0 Å². The number of furan rings is 1. The first-order valence-corrected chi connectivity index (χ1v) is 10.8. The summed E-state index contributed by atoms with van der Waals surface area (Å²) in [7, 11) is -1.72. The summed E-state index contributed by atoms with van der Waals surface area (Å²) in [6.07, 6.45) is 4.69. The highest BCUT2D eigenvalue weighted by Crippen LogP contribution is 2.35. The molecule has 29 heavy (non-hydrogen) atoms. The number of benzene rings is 1. The van der Waals surface area contributed by atoms with Crippen molar-refractivity contribution in [2.24, 2.45) is 0 Å². The average Bonchev–Trinajstić information content (AvgIpc) is 3.32. The van der Waals surface area contributed by atoms with Crippen LogP contribution < -0.4 is 13.5 Å². The normalized spacial score (nSPS) is 19.4. The Morgan fingerprint density at radius 1 is 0.966 bits per heavy atom. The summed E-state index contributed by atoms with van der Waals surface area (Å²) < 4.78 is 34.6. The van der Waals surface area contributed by atoms with Gasteiger partial charge in [0.1, 0.15) is 0 Å². The maximum absolute atomic E-state index is 13.2. The third-order valence-electron chi connectivity index (χ3n) is 5.28. The van der Waals surface area contributed by atoms with Gasteiger partial charge in [-0.25, -0.2) is 13.6 Å². The van der Waals surface area contributed by atoms with Crippen molar-refractivity contribution in [2.45, 2.75) is 0 Å². The number of piperazine rings is 1. The lowest BCUT2D eigenvalue weighted by molar-refractivity contribution is 0.312. The number of hydrogen-bond donors (Lipinski definition) is 0. The Labute approximate surface area is 169 Å². The first-order valence-electron chi connectivity index (χ1n) is 9.43. The van der Waals surface area contributed by atoms with Crippen molar-refractivity contribution in [1.29, 1.82) is 0 Å². The number of nitrogens with zero attached hydrogens (tertiary/aromatic N) is 5. The van der Waals surface area contributed by atoms with Gasteiger partial charge in [-0.1, -0.05) is 18.2 Å². The van der Waals surface area contributed by atoms with E-state index in [-0.39, 0.29) is 0 Å². The fourth-order valence-corrected chi connectivity index (χ4v) is 4.97. The van der Waals surface area contributed by atoms with E-state index in [1.165, 1.54) is 14.8 Å². The van der Waals surface area contributed by atoms with Crippen molar-refractivity contribution >= 4 is 38.5 Å². The van der Waals surface area contributed by atoms with Gasteiger partial charge in [-0.05, 0) is 31.3 Å². The number of pyridine rings is 1. The summed E-state index contributed by atoms with van der Waals surface area (Å²) in [6.45, 7) is 3.44. The van der Waals surface area contributed by atoms with E-state index in [1.54, 1.807) is 30.7 Å². The summed E-state index contributed by atoms with van der Waals surface area (Å²) in [5.74, 6) is 1.03. The van der Waals surface area contributed by atoms with E-state index in [9.17, 15) is 8.42 Å². The molecule has 3 aromatic rings. The smallest absolute Gasteiger partial charge is 0.335 e. The second-order valence-electron chi connectivity index (χ2n) is 7.17. The molecule has 0 aliphatic carbocycles. The lowest BCUT2D eigenvalue weighted by atomic mass is 10.2. The van der Waals surface area contributed by atoms with Gasteiger partial charge in [-0.3, -0.25) is 0 Å². The Bertz CT molecular complexity index is 1170. The van der Waals surface area contributed by atoms with Crippen LogP contribution in [0.4, 0.5) is 17.3 Å². The molecule has 1 fully saturated rings. The first kappa shape index (κ1) is 18.0. The molecule has 0 saturated carbocycles. The van der Waals surface area contributed by atoms with Crippen LogP contribution >= 0.6 is 0 Å². The molecule has 150 valence electrons. The van der Waals surface area contributed by atoms with Crippen molar-refractivity contribution in [3.05, 3.63) is 61.1 Å². The molecule has 8 nitrogen and oxygen atoms in total.